The van der Waals surface area contributed by atoms with Crippen molar-refractivity contribution in [2.45, 2.75) is 25.7 Å². The van der Waals surface area contributed by atoms with Crippen LogP contribution in [0.1, 0.15) is 25.7 Å². The summed E-state index contributed by atoms with van der Waals surface area (Å²) in [4.78, 5) is 5.00. The molecule has 6 heteroatoms. The zero-order valence-electron chi connectivity index (χ0n) is 16.1. The molecule has 4 rings (SSSR count). The molecule has 0 amide bonds. The van der Waals surface area contributed by atoms with E-state index in [0.29, 0.717) is 0 Å². The van der Waals surface area contributed by atoms with Gasteiger partial charge in [0.1, 0.15) is 0 Å². The summed E-state index contributed by atoms with van der Waals surface area (Å²) in [5.41, 5.74) is 16.0. The number of rotatable bonds is 3. The summed E-state index contributed by atoms with van der Waals surface area (Å²) in [7, 11) is 0. The van der Waals surface area contributed by atoms with E-state index in [4.69, 9.17) is 11.5 Å². The predicted octanol–water partition coefficient (Wildman–Crippen LogP) is 5.51. The van der Waals surface area contributed by atoms with E-state index in [1.165, 1.54) is 37.1 Å². The first kappa shape index (κ1) is 19.9. The first-order valence-electron chi connectivity index (χ1n) is 10.1. The third-order valence-electron chi connectivity index (χ3n) is 6.44. The molecule has 150 valence electrons. The second kappa shape index (κ2) is 8.54. The smallest absolute Gasteiger partial charge is 0.0460 e. The van der Waals surface area contributed by atoms with Gasteiger partial charge in [-0.15, -0.1) is 0 Å². The van der Waals surface area contributed by atoms with Crippen molar-refractivity contribution in [3.8, 4) is 0 Å². The van der Waals surface area contributed by atoms with Gasteiger partial charge >= 0.3 is 0 Å². The van der Waals surface area contributed by atoms with Crippen LogP contribution in [0.4, 0.5) is 22.7 Å². The second-order valence-electron chi connectivity index (χ2n) is 8.06. The van der Waals surface area contributed by atoms with E-state index in [-0.39, 0.29) is 0 Å². The number of anilines is 4. The maximum absolute atomic E-state index is 5.93. The highest BCUT2D eigenvalue weighted by atomic mass is 79.9. The molecular formula is C22H28Br2N4. The van der Waals surface area contributed by atoms with Gasteiger partial charge in [-0.2, -0.15) is 0 Å². The molecule has 0 bridgehead atoms. The van der Waals surface area contributed by atoms with E-state index in [2.05, 4.69) is 65.9 Å². The summed E-state index contributed by atoms with van der Waals surface area (Å²) in [5, 5.41) is 0. The molecule has 0 atom stereocenters. The molecule has 0 radical (unpaired) electrons. The quantitative estimate of drug-likeness (QED) is 0.538. The van der Waals surface area contributed by atoms with Gasteiger partial charge < -0.3 is 21.3 Å². The molecule has 0 unspecified atom stereocenters. The molecular weight excluding hydrogens is 480 g/mol. The van der Waals surface area contributed by atoms with Crippen LogP contribution in [0.5, 0.6) is 0 Å². The molecule has 0 saturated carbocycles. The molecule has 2 heterocycles. The van der Waals surface area contributed by atoms with Crippen molar-refractivity contribution in [3.05, 3.63) is 45.3 Å². The van der Waals surface area contributed by atoms with Crippen LogP contribution in [-0.2, 0) is 0 Å². The Kier molecular flexibility index (Phi) is 6.07. The third-order valence-corrected chi connectivity index (χ3v) is 7.82. The van der Waals surface area contributed by atoms with Crippen LogP contribution in [0, 0.1) is 11.8 Å². The molecule has 28 heavy (non-hydrogen) atoms. The fourth-order valence-electron chi connectivity index (χ4n) is 4.68. The predicted molar refractivity (Wildman–Crippen MR) is 127 cm³/mol. The second-order valence-corrected chi connectivity index (χ2v) is 9.77. The molecule has 2 saturated heterocycles. The van der Waals surface area contributed by atoms with Gasteiger partial charge in [0.2, 0.25) is 0 Å². The molecule has 4 nitrogen and oxygen atoms in total. The molecule has 0 aliphatic carbocycles. The molecule has 2 aliphatic rings. The molecule has 2 fully saturated rings. The summed E-state index contributed by atoms with van der Waals surface area (Å²) in [6, 6.07) is 12.6. The zero-order valence-corrected chi connectivity index (χ0v) is 19.3. The van der Waals surface area contributed by atoms with Crippen LogP contribution in [0.25, 0.3) is 0 Å². The molecule has 2 aromatic carbocycles. The Bertz CT molecular complexity index is 756. The van der Waals surface area contributed by atoms with Crippen LogP contribution in [-0.4, -0.2) is 26.2 Å². The first-order chi connectivity index (χ1) is 13.5. The van der Waals surface area contributed by atoms with Crippen molar-refractivity contribution in [2.75, 3.05) is 47.4 Å². The Labute approximate surface area is 184 Å². The number of halogens is 2. The van der Waals surface area contributed by atoms with Gasteiger partial charge in [0.15, 0.2) is 0 Å². The number of nitrogen functional groups attached to an aromatic ring is 2. The summed E-state index contributed by atoms with van der Waals surface area (Å²) >= 11 is 7.11. The van der Waals surface area contributed by atoms with Crippen LogP contribution < -0.4 is 21.3 Å². The number of benzene rings is 2. The van der Waals surface area contributed by atoms with Crippen LogP contribution in [0.2, 0.25) is 0 Å². The van der Waals surface area contributed by atoms with Crippen LogP contribution in [0.3, 0.4) is 0 Å². The van der Waals surface area contributed by atoms with Gasteiger partial charge in [-0.3, -0.25) is 0 Å². The highest BCUT2D eigenvalue weighted by Gasteiger charge is 2.30. The fourth-order valence-corrected chi connectivity index (χ4v) is 5.42. The van der Waals surface area contributed by atoms with Gasteiger partial charge in [-0.05, 0) is 106 Å². The normalized spacial score (nSPS) is 19.2. The minimum atomic E-state index is 0.804. The van der Waals surface area contributed by atoms with Crippen molar-refractivity contribution < 1.29 is 0 Å². The lowest BCUT2D eigenvalue weighted by Crippen LogP contribution is -2.41. The number of hydrogen-bond donors (Lipinski definition) is 2. The highest BCUT2D eigenvalue weighted by Crippen LogP contribution is 2.36. The van der Waals surface area contributed by atoms with Crippen molar-refractivity contribution in [1.29, 1.82) is 0 Å². The fraction of sp³-hybridized carbons (Fsp3) is 0.455. The van der Waals surface area contributed by atoms with E-state index in [9.17, 15) is 0 Å². The molecule has 0 aromatic heterocycles. The standard InChI is InChI=1S/C22H28Br2N4/c23-19-13-17(1-3-21(19)25)27-9-5-15(6-10-27)16-7-11-28(12-8-16)18-2-4-22(26)20(24)14-18/h1-4,13-16H,5-12,25-26H2. The SMILES string of the molecule is Nc1ccc(N2CCC(C3CCN(c4ccc(N)c(Br)c4)CC3)CC2)cc1Br. The monoisotopic (exact) mass is 506 g/mol. The number of hydrogen-bond acceptors (Lipinski definition) is 4. The summed E-state index contributed by atoms with van der Waals surface area (Å²) in [5.74, 6) is 1.71. The molecule has 0 spiro atoms. The van der Waals surface area contributed by atoms with Gasteiger partial charge in [0.05, 0.1) is 0 Å². The van der Waals surface area contributed by atoms with E-state index in [0.717, 1.165) is 58.3 Å². The maximum atomic E-state index is 5.93. The topological polar surface area (TPSA) is 58.5 Å². The number of nitrogens with zero attached hydrogens (tertiary/aromatic N) is 2. The lowest BCUT2D eigenvalue weighted by molar-refractivity contribution is 0.233. The summed E-state index contributed by atoms with van der Waals surface area (Å²) < 4.78 is 1.99. The van der Waals surface area contributed by atoms with Gasteiger partial charge in [0.25, 0.3) is 0 Å². The average molecular weight is 508 g/mol. The van der Waals surface area contributed by atoms with Gasteiger partial charge in [-0.1, -0.05) is 0 Å². The Morgan fingerprint density at radius 3 is 1.32 bits per heavy atom. The molecule has 2 aromatic rings. The summed E-state index contributed by atoms with van der Waals surface area (Å²) in [6.07, 6.45) is 5.17. The average Bonchev–Trinajstić information content (AvgIpc) is 2.72. The van der Waals surface area contributed by atoms with Crippen molar-refractivity contribution >= 4 is 54.6 Å². The van der Waals surface area contributed by atoms with E-state index in [1.807, 2.05) is 12.1 Å². The maximum Gasteiger partial charge on any atom is 0.0460 e. The lowest BCUT2D eigenvalue weighted by atomic mass is 9.78. The van der Waals surface area contributed by atoms with Crippen LogP contribution >= 0.6 is 31.9 Å². The third kappa shape index (κ3) is 4.28. The van der Waals surface area contributed by atoms with E-state index in [1.54, 1.807) is 0 Å². The van der Waals surface area contributed by atoms with E-state index >= 15 is 0 Å². The van der Waals surface area contributed by atoms with Crippen molar-refractivity contribution in [2.24, 2.45) is 11.8 Å². The number of nitrogens with two attached hydrogens (primary N) is 2. The zero-order chi connectivity index (χ0) is 19.7. The Morgan fingerprint density at radius 1 is 0.643 bits per heavy atom. The van der Waals surface area contributed by atoms with E-state index < -0.39 is 0 Å². The van der Waals surface area contributed by atoms with Crippen LogP contribution in [0.15, 0.2) is 45.3 Å². The van der Waals surface area contributed by atoms with Crippen molar-refractivity contribution in [1.82, 2.24) is 0 Å². The highest BCUT2D eigenvalue weighted by molar-refractivity contribution is 9.11. The number of piperidine rings is 2. The molecule has 4 N–H and O–H groups in total. The Balaban J connectivity index is 1.30. The van der Waals surface area contributed by atoms with Gasteiger partial charge in [0, 0.05) is 57.9 Å². The largest absolute Gasteiger partial charge is 0.398 e. The summed E-state index contributed by atoms with van der Waals surface area (Å²) in [6.45, 7) is 4.58. The minimum absolute atomic E-state index is 0.804. The Morgan fingerprint density at radius 2 is 1.00 bits per heavy atom. The first-order valence-corrected chi connectivity index (χ1v) is 11.7. The van der Waals surface area contributed by atoms with Gasteiger partial charge in [-0.25, -0.2) is 0 Å². The minimum Gasteiger partial charge on any atom is -0.398 e. The molecule has 2 aliphatic heterocycles. The Hall–Kier alpha value is -1.40. The van der Waals surface area contributed by atoms with Crippen molar-refractivity contribution in [3.63, 3.8) is 0 Å². The lowest BCUT2D eigenvalue weighted by Gasteiger charge is -2.41.